The van der Waals surface area contributed by atoms with Crippen molar-refractivity contribution in [2.24, 2.45) is 0 Å². The minimum Gasteiger partial charge on any atom is -0.506 e. The number of carbonyl (C=O) groups is 1. The Morgan fingerprint density at radius 3 is 2.31 bits per heavy atom. The van der Waals surface area contributed by atoms with Crippen molar-refractivity contribution in [3.05, 3.63) is 11.5 Å². The highest BCUT2D eigenvalue weighted by Gasteiger charge is 2.39. The van der Waals surface area contributed by atoms with Gasteiger partial charge in [0.25, 0.3) is 0 Å². The Labute approximate surface area is 72.1 Å². The molecular weight excluding hydrogens is 184 g/mol. The van der Waals surface area contributed by atoms with E-state index >= 15 is 0 Å². The third kappa shape index (κ3) is 1.57. The Kier molecular flexibility index (Phi) is 2.41. The molecule has 74 valence electrons. The maximum atomic E-state index is 10.3. The number of carboxylic acids is 1. The summed E-state index contributed by atoms with van der Waals surface area (Å²) in [5, 5.41) is 44.1. The zero-order chi connectivity index (χ0) is 10.2. The fourth-order valence-electron chi connectivity index (χ4n) is 0.863. The van der Waals surface area contributed by atoms with Gasteiger partial charge in [-0.25, -0.2) is 4.79 Å². The predicted molar refractivity (Wildman–Crippen MR) is 36.4 cm³/mol. The molecule has 1 heterocycles. The fourth-order valence-corrected chi connectivity index (χ4v) is 0.863. The highest BCUT2D eigenvalue weighted by Crippen LogP contribution is 2.21. The lowest BCUT2D eigenvalue weighted by Crippen LogP contribution is -2.45. The Bertz CT molecular complexity index is 258. The number of ether oxygens (including phenoxy) is 1. The van der Waals surface area contributed by atoms with Crippen LogP contribution in [-0.2, 0) is 9.53 Å². The third-order valence-corrected chi connectivity index (χ3v) is 1.56. The average molecular weight is 192 g/mol. The largest absolute Gasteiger partial charge is 0.506 e. The lowest BCUT2D eigenvalue weighted by Gasteiger charge is -2.28. The van der Waals surface area contributed by atoms with Crippen LogP contribution in [0, 0.1) is 0 Å². The van der Waals surface area contributed by atoms with Gasteiger partial charge >= 0.3 is 5.97 Å². The molecule has 0 fully saturated rings. The molecule has 0 unspecified atom stereocenters. The molecule has 1 aliphatic heterocycles. The van der Waals surface area contributed by atoms with Gasteiger partial charge in [-0.2, -0.15) is 0 Å². The second-order valence-electron chi connectivity index (χ2n) is 2.46. The van der Waals surface area contributed by atoms with E-state index in [-0.39, 0.29) is 0 Å². The molecular formula is C6H8O7. The van der Waals surface area contributed by atoms with Gasteiger partial charge in [0.2, 0.25) is 12.0 Å². The first-order chi connectivity index (χ1) is 5.95. The number of aliphatic hydroxyl groups is 4. The Balaban J connectivity index is 3.01. The van der Waals surface area contributed by atoms with Crippen LogP contribution in [0.4, 0.5) is 0 Å². The minimum absolute atomic E-state index is 0.967. The molecule has 0 spiro atoms. The molecule has 0 bridgehead atoms. The second kappa shape index (κ2) is 3.21. The molecule has 0 aromatic heterocycles. The van der Waals surface area contributed by atoms with Crippen molar-refractivity contribution in [1.29, 1.82) is 0 Å². The lowest BCUT2D eigenvalue weighted by molar-refractivity contribution is -0.194. The van der Waals surface area contributed by atoms with Crippen molar-refractivity contribution in [3.63, 3.8) is 0 Å². The number of hydrogen-bond acceptors (Lipinski definition) is 6. The molecule has 7 nitrogen and oxygen atoms in total. The summed E-state index contributed by atoms with van der Waals surface area (Å²) in [6.07, 6.45) is -5.48. The molecule has 5 N–H and O–H groups in total. The summed E-state index contributed by atoms with van der Waals surface area (Å²) in [6.45, 7) is 0. The maximum Gasteiger partial charge on any atom is 0.375 e. The first-order valence-electron chi connectivity index (χ1n) is 3.32. The quantitative estimate of drug-likeness (QED) is 0.322. The number of aliphatic carboxylic acids is 1. The van der Waals surface area contributed by atoms with Gasteiger partial charge in [-0.3, -0.25) is 0 Å². The smallest absolute Gasteiger partial charge is 0.375 e. The molecule has 0 saturated heterocycles. The summed E-state index contributed by atoms with van der Waals surface area (Å²) in [4.78, 5) is 10.3. The standard InChI is InChI=1S/C6H8O7/c7-1-2(8)4(5(10)11)13-6(12)3(1)9/h1,3,6-9,12H,(H,10,11)/t1-,3-,6+/m0/s1. The van der Waals surface area contributed by atoms with E-state index < -0.39 is 36.0 Å². The third-order valence-electron chi connectivity index (χ3n) is 1.56. The Hall–Kier alpha value is -1.31. The molecule has 7 heteroatoms. The first kappa shape index (κ1) is 9.78. The summed E-state index contributed by atoms with van der Waals surface area (Å²) >= 11 is 0. The van der Waals surface area contributed by atoms with Crippen LogP contribution in [0.1, 0.15) is 0 Å². The monoisotopic (exact) mass is 192 g/mol. The number of hydrogen-bond donors (Lipinski definition) is 5. The van der Waals surface area contributed by atoms with Gasteiger partial charge in [-0.05, 0) is 0 Å². The molecule has 0 saturated carbocycles. The number of carboxylic acid groups (broad SMARTS) is 1. The molecule has 0 radical (unpaired) electrons. The summed E-state index contributed by atoms with van der Waals surface area (Å²) in [7, 11) is 0. The SMILES string of the molecule is O=C(O)C1=C(O)[C@H](O)[C@H](O)[C@H](O)O1. The van der Waals surface area contributed by atoms with E-state index in [0.29, 0.717) is 0 Å². The predicted octanol–water partition coefficient (Wildman–Crippen LogP) is -2.09. The van der Waals surface area contributed by atoms with Gasteiger partial charge in [0.05, 0.1) is 0 Å². The zero-order valence-corrected chi connectivity index (χ0v) is 6.28. The summed E-state index contributed by atoms with van der Waals surface area (Å²) in [5.41, 5.74) is 0. The molecule has 13 heavy (non-hydrogen) atoms. The van der Waals surface area contributed by atoms with Crippen molar-refractivity contribution in [3.8, 4) is 0 Å². The molecule has 0 aliphatic carbocycles. The van der Waals surface area contributed by atoms with Crippen LogP contribution in [0.25, 0.3) is 0 Å². The molecule has 0 amide bonds. The number of aliphatic hydroxyl groups excluding tert-OH is 4. The molecule has 1 rings (SSSR count). The van der Waals surface area contributed by atoms with Crippen LogP contribution >= 0.6 is 0 Å². The highest BCUT2D eigenvalue weighted by molar-refractivity contribution is 5.85. The summed E-state index contributed by atoms with van der Waals surface area (Å²) < 4.78 is 4.22. The van der Waals surface area contributed by atoms with E-state index in [2.05, 4.69) is 4.74 Å². The maximum absolute atomic E-state index is 10.3. The van der Waals surface area contributed by atoms with Gasteiger partial charge in [-0.1, -0.05) is 0 Å². The van der Waals surface area contributed by atoms with E-state index in [9.17, 15) is 4.79 Å². The molecule has 0 aromatic rings. The van der Waals surface area contributed by atoms with Gasteiger partial charge in [0.15, 0.2) is 5.76 Å². The number of rotatable bonds is 1. The lowest BCUT2D eigenvalue weighted by atomic mass is 10.1. The van der Waals surface area contributed by atoms with Crippen molar-refractivity contribution >= 4 is 5.97 Å². The van der Waals surface area contributed by atoms with E-state index in [0.717, 1.165) is 0 Å². The van der Waals surface area contributed by atoms with Crippen molar-refractivity contribution < 1.29 is 35.1 Å². The van der Waals surface area contributed by atoms with Gasteiger partial charge in [0.1, 0.15) is 12.2 Å². The van der Waals surface area contributed by atoms with Gasteiger partial charge in [-0.15, -0.1) is 0 Å². The van der Waals surface area contributed by atoms with Crippen LogP contribution < -0.4 is 0 Å². The van der Waals surface area contributed by atoms with E-state index in [4.69, 9.17) is 25.5 Å². The fraction of sp³-hybridized carbons (Fsp3) is 0.500. The summed E-state index contributed by atoms with van der Waals surface area (Å²) in [6, 6.07) is 0. The van der Waals surface area contributed by atoms with Crippen LogP contribution in [0.15, 0.2) is 11.5 Å². The van der Waals surface area contributed by atoms with Crippen molar-refractivity contribution in [1.82, 2.24) is 0 Å². The van der Waals surface area contributed by atoms with Gasteiger partial charge in [0, 0.05) is 0 Å². The Morgan fingerprint density at radius 1 is 1.31 bits per heavy atom. The molecule has 0 aromatic carbocycles. The van der Waals surface area contributed by atoms with Crippen molar-refractivity contribution in [2.75, 3.05) is 0 Å². The molecule has 3 atom stereocenters. The second-order valence-corrected chi connectivity index (χ2v) is 2.46. The molecule has 1 aliphatic rings. The van der Waals surface area contributed by atoms with Crippen LogP contribution in [0.2, 0.25) is 0 Å². The first-order valence-corrected chi connectivity index (χ1v) is 3.32. The van der Waals surface area contributed by atoms with Crippen molar-refractivity contribution in [2.45, 2.75) is 18.5 Å². The van der Waals surface area contributed by atoms with E-state index in [1.807, 2.05) is 0 Å². The highest BCUT2D eigenvalue weighted by atomic mass is 16.6. The normalized spacial score (nSPS) is 34.2. The topological polar surface area (TPSA) is 127 Å². The van der Waals surface area contributed by atoms with Crippen LogP contribution in [0.5, 0.6) is 0 Å². The average Bonchev–Trinajstić information content (AvgIpc) is 2.07. The van der Waals surface area contributed by atoms with Gasteiger partial charge < -0.3 is 30.3 Å². The van der Waals surface area contributed by atoms with E-state index in [1.165, 1.54) is 0 Å². The van der Waals surface area contributed by atoms with E-state index in [1.54, 1.807) is 0 Å². The van der Waals surface area contributed by atoms with Crippen LogP contribution in [-0.4, -0.2) is 50.0 Å². The summed E-state index contributed by atoms with van der Waals surface area (Å²) in [5.74, 6) is -3.61. The Morgan fingerprint density at radius 2 is 1.85 bits per heavy atom. The zero-order valence-electron chi connectivity index (χ0n) is 6.28. The van der Waals surface area contributed by atoms with Crippen LogP contribution in [0.3, 0.4) is 0 Å². The minimum atomic E-state index is -1.86.